The standard InChI is InChI=1S/C26H32N2O/c1-25-11-9-19(29)14-18(25)4-5-20-22-7-6-21(26(22,2)12-10-23(20)25)16-3-8-24-17(13-16)15-27-28-24/h3-4,6,8,13,15,19-20,22-23,29H,5,7,9-12,14H2,1-2H3,(H,27,28)/t19-,20-,22-,23-,25-,26+/m0/s1. The molecule has 4 aliphatic carbocycles. The fourth-order valence-electron chi connectivity index (χ4n) is 7.77. The Balaban J connectivity index is 1.34. The fraction of sp³-hybridized carbons (Fsp3) is 0.577. The number of benzene rings is 1. The van der Waals surface area contributed by atoms with Crippen LogP contribution in [0.1, 0.15) is 64.4 Å². The van der Waals surface area contributed by atoms with Crippen molar-refractivity contribution in [3.05, 3.63) is 47.7 Å². The predicted octanol–water partition coefficient (Wildman–Crippen LogP) is 5.88. The third-order valence-electron chi connectivity index (χ3n) is 9.41. The van der Waals surface area contributed by atoms with Crippen LogP contribution in [0.25, 0.3) is 16.5 Å². The van der Waals surface area contributed by atoms with Crippen molar-refractivity contribution in [1.82, 2.24) is 10.2 Å². The van der Waals surface area contributed by atoms with E-state index in [-0.39, 0.29) is 11.5 Å². The minimum absolute atomic E-state index is 0.114. The number of nitrogens with zero attached hydrogens (tertiary/aromatic N) is 1. The summed E-state index contributed by atoms with van der Waals surface area (Å²) in [4.78, 5) is 0. The average Bonchev–Trinajstić information content (AvgIpc) is 3.31. The van der Waals surface area contributed by atoms with E-state index in [4.69, 9.17) is 0 Å². The second-order valence-corrected chi connectivity index (χ2v) is 10.6. The highest BCUT2D eigenvalue weighted by molar-refractivity contribution is 5.84. The maximum Gasteiger partial charge on any atom is 0.0650 e. The Morgan fingerprint density at radius 3 is 2.79 bits per heavy atom. The molecular formula is C26H32N2O. The van der Waals surface area contributed by atoms with Crippen LogP contribution in [0, 0.1) is 28.6 Å². The number of aliphatic hydroxyl groups excluding tert-OH is 1. The molecule has 2 fully saturated rings. The molecular weight excluding hydrogens is 356 g/mol. The lowest BCUT2D eigenvalue weighted by molar-refractivity contribution is -0.0238. The Kier molecular flexibility index (Phi) is 3.76. The van der Waals surface area contributed by atoms with E-state index >= 15 is 0 Å². The molecule has 29 heavy (non-hydrogen) atoms. The molecule has 3 nitrogen and oxygen atoms in total. The number of H-pyrrole nitrogens is 1. The molecule has 0 unspecified atom stereocenters. The van der Waals surface area contributed by atoms with Crippen LogP contribution in [-0.2, 0) is 0 Å². The van der Waals surface area contributed by atoms with Gasteiger partial charge in [-0.1, -0.05) is 37.6 Å². The first-order valence-corrected chi connectivity index (χ1v) is 11.5. The molecule has 3 heteroatoms. The molecule has 0 saturated heterocycles. The third-order valence-corrected chi connectivity index (χ3v) is 9.41. The summed E-state index contributed by atoms with van der Waals surface area (Å²) in [5.41, 5.74) is 6.26. The van der Waals surface area contributed by atoms with E-state index in [0.29, 0.717) is 5.41 Å². The Morgan fingerprint density at radius 2 is 1.90 bits per heavy atom. The van der Waals surface area contributed by atoms with Gasteiger partial charge in [-0.2, -0.15) is 5.10 Å². The Bertz CT molecular complexity index is 1030. The van der Waals surface area contributed by atoms with Crippen LogP contribution < -0.4 is 0 Å². The minimum Gasteiger partial charge on any atom is -0.393 e. The van der Waals surface area contributed by atoms with Crippen molar-refractivity contribution in [2.75, 3.05) is 0 Å². The van der Waals surface area contributed by atoms with Gasteiger partial charge in [-0.3, -0.25) is 5.10 Å². The van der Waals surface area contributed by atoms with Gasteiger partial charge in [0.05, 0.1) is 17.8 Å². The van der Waals surface area contributed by atoms with Gasteiger partial charge in [-0.25, -0.2) is 0 Å². The minimum atomic E-state index is -0.114. The van der Waals surface area contributed by atoms with Gasteiger partial charge in [0.15, 0.2) is 0 Å². The van der Waals surface area contributed by atoms with E-state index < -0.39 is 0 Å². The van der Waals surface area contributed by atoms with Crippen LogP contribution in [0.15, 0.2) is 42.1 Å². The van der Waals surface area contributed by atoms with Gasteiger partial charge < -0.3 is 5.11 Å². The molecule has 2 N–H and O–H groups in total. The van der Waals surface area contributed by atoms with E-state index in [1.54, 1.807) is 11.1 Å². The SMILES string of the molecule is C[C@]12CC[C@H](O)CC1=CC[C@@H]1[C@@H]2CC[C@]2(C)C(c3ccc4[nH]ncc4c3)=CC[C@@H]12. The largest absolute Gasteiger partial charge is 0.393 e. The van der Waals surface area contributed by atoms with Crippen molar-refractivity contribution >= 4 is 16.5 Å². The molecule has 4 aliphatic rings. The van der Waals surface area contributed by atoms with Crippen LogP contribution in [0.5, 0.6) is 0 Å². The van der Waals surface area contributed by atoms with Gasteiger partial charge in [-0.15, -0.1) is 0 Å². The van der Waals surface area contributed by atoms with E-state index in [2.05, 4.69) is 54.4 Å². The van der Waals surface area contributed by atoms with Crippen LogP contribution in [0.2, 0.25) is 0 Å². The number of hydrogen-bond acceptors (Lipinski definition) is 2. The van der Waals surface area contributed by atoms with Gasteiger partial charge in [0.2, 0.25) is 0 Å². The summed E-state index contributed by atoms with van der Waals surface area (Å²) in [5, 5.41) is 18.7. The van der Waals surface area contributed by atoms with Gasteiger partial charge in [-0.05, 0) is 96.8 Å². The van der Waals surface area contributed by atoms with Crippen molar-refractivity contribution in [1.29, 1.82) is 0 Å². The molecule has 6 rings (SSSR count). The lowest BCUT2D eigenvalue weighted by atomic mass is 9.47. The molecule has 2 aromatic rings. The van der Waals surface area contributed by atoms with Crippen molar-refractivity contribution in [3.8, 4) is 0 Å². The first-order chi connectivity index (χ1) is 14.0. The topological polar surface area (TPSA) is 48.9 Å². The second-order valence-electron chi connectivity index (χ2n) is 10.6. The number of rotatable bonds is 1. The van der Waals surface area contributed by atoms with E-state index in [9.17, 15) is 5.11 Å². The molecule has 0 spiro atoms. The summed E-state index contributed by atoms with van der Waals surface area (Å²) >= 11 is 0. The lowest BCUT2D eigenvalue weighted by Gasteiger charge is -2.57. The number of hydrogen-bond donors (Lipinski definition) is 2. The quantitative estimate of drug-likeness (QED) is 0.599. The molecule has 0 aliphatic heterocycles. The number of aromatic nitrogens is 2. The van der Waals surface area contributed by atoms with Gasteiger partial charge >= 0.3 is 0 Å². The number of fused-ring (bicyclic) bond motifs is 6. The molecule has 0 bridgehead atoms. The summed E-state index contributed by atoms with van der Waals surface area (Å²) < 4.78 is 0. The Labute approximate surface area is 173 Å². The van der Waals surface area contributed by atoms with Crippen LogP contribution in [0.4, 0.5) is 0 Å². The predicted molar refractivity (Wildman–Crippen MR) is 117 cm³/mol. The zero-order chi connectivity index (χ0) is 19.8. The zero-order valence-corrected chi connectivity index (χ0v) is 17.6. The van der Waals surface area contributed by atoms with Crippen LogP contribution in [0.3, 0.4) is 0 Å². The molecule has 1 aromatic carbocycles. The number of aromatic amines is 1. The average molecular weight is 389 g/mol. The van der Waals surface area contributed by atoms with Crippen LogP contribution >= 0.6 is 0 Å². The number of allylic oxidation sites excluding steroid dienone is 3. The van der Waals surface area contributed by atoms with Crippen molar-refractivity contribution in [2.24, 2.45) is 28.6 Å². The summed E-state index contributed by atoms with van der Waals surface area (Å²) in [6.45, 7) is 5.05. The lowest BCUT2D eigenvalue weighted by Crippen LogP contribution is -2.49. The highest BCUT2D eigenvalue weighted by Gasteiger charge is 2.56. The Hall–Kier alpha value is -1.87. The highest BCUT2D eigenvalue weighted by atomic mass is 16.3. The number of nitrogens with one attached hydrogen (secondary N) is 1. The summed E-state index contributed by atoms with van der Waals surface area (Å²) in [7, 11) is 0. The zero-order valence-electron chi connectivity index (χ0n) is 17.6. The smallest absolute Gasteiger partial charge is 0.0650 e. The molecule has 1 aromatic heterocycles. The third kappa shape index (κ3) is 2.43. The van der Waals surface area contributed by atoms with Gasteiger partial charge in [0.25, 0.3) is 0 Å². The Morgan fingerprint density at radius 1 is 1.03 bits per heavy atom. The van der Waals surface area contributed by atoms with Crippen molar-refractivity contribution < 1.29 is 5.11 Å². The molecule has 1 heterocycles. The first kappa shape index (κ1) is 17.9. The maximum absolute atomic E-state index is 10.2. The van der Waals surface area contributed by atoms with Gasteiger partial charge in [0, 0.05) is 5.39 Å². The second kappa shape index (κ2) is 6.07. The maximum atomic E-state index is 10.2. The van der Waals surface area contributed by atoms with Crippen molar-refractivity contribution in [2.45, 2.75) is 64.9 Å². The summed E-state index contributed by atoms with van der Waals surface area (Å²) in [6, 6.07) is 6.80. The monoisotopic (exact) mass is 388 g/mol. The van der Waals surface area contributed by atoms with Crippen LogP contribution in [-0.4, -0.2) is 21.4 Å². The first-order valence-electron chi connectivity index (χ1n) is 11.5. The molecule has 152 valence electrons. The molecule has 0 amide bonds. The van der Waals surface area contributed by atoms with E-state index in [1.165, 1.54) is 43.1 Å². The van der Waals surface area contributed by atoms with Gasteiger partial charge in [0.1, 0.15) is 0 Å². The summed E-state index contributed by atoms with van der Waals surface area (Å²) in [6.07, 6.45) is 15.0. The normalized spacial score (nSPS) is 41.3. The summed E-state index contributed by atoms with van der Waals surface area (Å²) in [5.74, 6) is 2.32. The highest BCUT2D eigenvalue weighted by Crippen LogP contribution is 2.66. The molecule has 2 saturated carbocycles. The molecule has 0 radical (unpaired) electrons. The molecule has 6 atom stereocenters. The van der Waals surface area contributed by atoms with E-state index in [0.717, 1.165) is 36.1 Å². The fourth-order valence-corrected chi connectivity index (χ4v) is 7.77. The van der Waals surface area contributed by atoms with Crippen molar-refractivity contribution in [3.63, 3.8) is 0 Å². The van der Waals surface area contributed by atoms with E-state index in [1.807, 2.05) is 6.20 Å². The number of aliphatic hydroxyl groups is 1.